The first kappa shape index (κ1) is 11.6. The monoisotopic (exact) mass is 258 g/mol. The van der Waals surface area contributed by atoms with Crippen molar-refractivity contribution in [1.29, 1.82) is 0 Å². The van der Waals surface area contributed by atoms with Crippen LogP contribution >= 0.6 is 0 Å². The van der Waals surface area contributed by atoms with Gasteiger partial charge in [-0.2, -0.15) is 5.10 Å². The van der Waals surface area contributed by atoms with Crippen LogP contribution in [0.25, 0.3) is 0 Å². The second-order valence-electron chi connectivity index (χ2n) is 4.35. The van der Waals surface area contributed by atoms with E-state index < -0.39 is 0 Å². The molecule has 19 heavy (non-hydrogen) atoms. The van der Waals surface area contributed by atoms with Crippen LogP contribution in [-0.2, 0) is 7.05 Å². The maximum atomic E-state index is 12.5. The Labute approximate surface area is 110 Å². The topological polar surface area (TPSA) is 73.4 Å². The lowest BCUT2D eigenvalue weighted by Gasteiger charge is -2.28. The highest BCUT2D eigenvalue weighted by Crippen LogP contribution is 2.31. The Morgan fingerprint density at radius 2 is 2.21 bits per heavy atom. The number of benzene rings is 1. The molecule has 0 radical (unpaired) electrons. The highest BCUT2D eigenvalue weighted by Gasteiger charge is 2.26. The summed E-state index contributed by atoms with van der Waals surface area (Å²) in [5.41, 5.74) is 6.82. The van der Waals surface area contributed by atoms with Crippen molar-refractivity contribution in [3.05, 3.63) is 36.0 Å². The van der Waals surface area contributed by atoms with Gasteiger partial charge < -0.3 is 15.4 Å². The molecule has 2 N–H and O–H groups in total. The third-order valence-corrected chi connectivity index (χ3v) is 3.11. The Bertz CT molecular complexity index is 616. The molecule has 1 aromatic carbocycles. The van der Waals surface area contributed by atoms with Gasteiger partial charge in [0.1, 0.15) is 18.2 Å². The summed E-state index contributed by atoms with van der Waals surface area (Å²) in [7, 11) is 1.71. The van der Waals surface area contributed by atoms with Crippen LogP contribution in [0.1, 0.15) is 10.5 Å². The Morgan fingerprint density at radius 3 is 2.95 bits per heavy atom. The van der Waals surface area contributed by atoms with Gasteiger partial charge >= 0.3 is 0 Å². The number of carbonyl (C=O) groups excluding carboxylic acids is 1. The first-order valence-electron chi connectivity index (χ1n) is 6.00. The van der Waals surface area contributed by atoms with Crippen molar-refractivity contribution in [2.75, 3.05) is 23.8 Å². The Balaban J connectivity index is 1.97. The van der Waals surface area contributed by atoms with Crippen LogP contribution in [0.15, 0.2) is 30.3 Å². The van der Waals surface area contributed by atoms with E-state index in [4.69, 9.17) is 10.5 Å². The summed E-state index contributed by atoms with van der Waals surface area (Å²) in [4.78, 5) is 14.1. The summed E-state index contributed by atoms with van der Waals surface area (Å²) < 4.78 is 7.01. The van der Waals surface area contributed by atoms with Crippen LogP contribution in [0.2, 0.25) is 0 Å². The molecule has 6 heteroatoms. The minimum absolute atomic E-state index is 0.164. The van der Waals surface area contributed by atoms with E-state index in [1.54, 1.807) is 18.0 Å². The number of carbonyl (C=O) groups is 1. The van der Waals surface area contributed by atoms with Gasteiger partial charge in [0.05, 0.1) is 12.2 Å². The van der Waals surface area contributed by atoms with Crippen molar-refractivity contribution in [1.82, 2.24) is 9.78 Å². The van der Waals surface area contributed by atoms with Crippen molar-refractivity contribution in [2.24, 2.45) is 7.05 Å². The Hall–Kier alpha value is -2.50. The number of hydrogen-bond donors (Lipinski definition) is 1. The quantitative estimate of drug-likeness (QED) is 0.829. The predicted molar refractivity (Wildman–Crippen MR) is 71.2 cm³/mol. The molecule has 6 nitrogen and oxygen atoms in total. The number of hydrogen-bond acceptors (Lipinski definition) is 4. The van der Waals surface area contributed by atoms with Crippen molar-refractivity contribution >= 4 is 17.4 Å². The van der Waals surface area contributed by atoms with E-state index in [2.05, 4.69) is 5.10 Å². The molecule has 0 bridgehead atoms. The fourth-order valence-electron chi connectivity index (χ4n) is 2.10. The second kappa shape index (κ2) is 4.31. The average molecular weight is 258 g/mol. The molecule has 2 heterocycles. The molecule has 0 saturated heterocycles. The van der Waals surface area contributed by atoms with Gasteiger partial charge in [0.15, 0.2) is 5.69 Å². The molecule has 0 atom stereocenters. The Morgan fingerprint density at radius 1 is 1.42 bits per heavy atom. The van der Waals surface area contributed by atoms with Gasteiger partial charge in [0.25, 0.3) is 5.91 Å². The van der Waals surface area contributed by atoms with Crippen LogP contribution in [0.5, 0.6) is 5.75 Å². The molecule has 1 aromatic heterocycles. The third kappa shape index (κ3) is 1.91. The van der Waals surface area contributed by atoms with Crippen LogP contribution in [-0.4, -0.2) is 28.8 Å². The van der Waals surface area contributed by atoms with Crippen molar-refractivity contribution < 1.29 is 9.53 Å². The van der Waals surface area contributed by atoms with Gasteiger partial charge in [-0.05, 0) is 12.1 Å². The first-order chi connectivity index (χ1) is 9.16. The Kier molecular flexibility index (Phi) is 2.63. The van der Waals surface area contributed by atoms with Gasteiger partial charge in [-0.1, -0.05) is 12.1 Å². The van der Waals surface area contributed by atoms with E-state index >= 15 is 0 Å². The minimum Gasteiger partial charge on any atom is -0.490 e. The normalized spacial score (nSPS) is 13.8. The van der Waals surface area contributed by atoms with E-state index in [9.17, 15) is 4.79 Å². The molecule has 1 aliphatic heterocycles. The lowest BCUT2D eigenvalue weighted by Crippen LogP contribution is -2.38. The standard InChI is InChI=1S/C13H14N4O2/c1-16-12(14)8-9(15-16)13(18)17-6-7-19-11-5-3-2-4-10(11)17/h2-5,8H,6-7,14H2,1H3. The molecule has 0 unspecified atom stereocenters. The van der Waals surface area contributed by atoms with E-state index in [1.807, 2.05) is 24.3 Å². The highest BCUT2D eigenvalue weighted by molar-refractivity contribution is 6.06. The number of nitrogen functional groups attached to an aromatic ring is 1. The smallest absolute Gasteiger partial charge is 0.279 e. The lowest BCUT2D eigenvalue weighted by molar-refractivity contribution is 0.0971. The van der Waals surface area contributed by atoms with Crippen molar-refractivity contribution in [2.45, 2.75) is 0 Å². The summed E-state index contributed by atoms with van der Waals surface area (Å²) in [5, 5.41) is 4.12. The highest BCUT2D eigenvalue weighted by atomic mass is 16.5. The number of aryl methyl sites for hydroxylation is 1. The minimum atomic E-state index is -0.164. The zero-order valence-corrected chi connectivity index (χ0v) is 10.5. The summed E-state index contributed by atoms with van der Waals surface area (Å²) in [5.74, 6) is 1.01. The van der Waals surface area contributed by atoms with E-state index in [0.717, 1.165) is 5.69 Å². The molecule has 0 aliphatic carbocycles. The number of anilines is 2. The lowest BCUT2D eigenvalue weighted by atomic mass is 10.2. The molecule has 3 rings (SSSR count). The fourth-order valence-corrected chi connectivity index (χ4v) is 2.10. The molecule has 2 aromatic rings. The molecule has 0 fully saturated rings. The van der Waals surface area contributed by atoms with Gasteiger partial charge in [-0.25, -0.2) is 0 Å². The maximum Gasteiger partial charge on any atom is 0.279 e. The summed E-state index contributed by atoms with van der Waals surface area (Å²) in [6, 6.07) is 9.05. The molecule has 0 spiro atoms. The number of para-hydroxylation sites is 2. The largest absolute Gasteiger partial charge is 0.490 e. The van der Waals surface area contributed by atoms with Gasteiger partial charge in [0, 0.05) is 13.1 Å². The average Bonchev–Trinajstić information content (AvgIpc) is 2.77. The van der Waals surface area contributed by atoms with Gasteiger partial charge in [-0.15, -0.1) is 0 Å². The van der Waals surface area contributed by atoms with Crippen LogP contribution in [0.4, 0.5) is 11.5 Å². The number of nitrogens with zero attached hydrogens (tertiary/aromatic N) is 3. The first-order valence-corrected chi connectivity index (χ1v) is 6.00. The molecule has 0 saturated carbocycles. The molecule has 1 aliphatic rings. The van der Waals surface area contributed by atoms with Crippen molar-refractivity contribution in [3.63, 3.8) is 0 Å². The van der Waals surface area contributed by atoms with E-state index in [-0.39, 0.29) is 5.91 Å². The predicted octanol–water partition coefficient (Wildman–Crippen LogP) is 1.04. The molecular weight excluding hydrogens is 244 g/mol. The molecule has 1 amide bonds. The van der Waals surface area contributed by atoms with Crippen LogP contribution in [0.3, 0.4) is 0 Å². The van der Waals surface area contributed by atoms with Crippen LogP contribution < -0.4 is 15.4 Å². The van der Waals surface area contributed by atoms with Crippen molar-refractivity contribution in [3.8, 4) is 5.75 Å². The molecule has 98 valence electrons. The number of rotatable bonds is 1. The van der Waals surface area contributed by atoms with Gasteiger partial charge in [0.2, 0.25) is 0 Å². The number of aromatic nitrogens is 2. The number of ether oxygens (including phenoxy) is 1. The third-order valence-electron chi connectivity index (χ3n) is 3.11. The maximum absolute atomic E-state index is 12.5. The number of nitrogens with two attached hydrogens (primary N) is 1. The number of fused-ring (bicyclic) bond motifs is 1. The van der Waals surface area contributed by atoms with Gasteiger partial charge in [-0.3, -0.25) is 9.48 Å². The molecular formula is C13H14N4O2. The summed E-state index contributed by atoms with van der Waals surface area (Å²) >= 11 is 0. The second-order valence-corrected chi connectivity index (χ2v) is 4.35. The summed E-state index contributed by atoms with van der Waals surface area (Å²) in [6.07, 6.45) is 0. The van der Waals surface area contributed by atoms with E-state index in [1.165, 1.54) is 4.68 Å². The number of amides is 1. The summed E-state index contributed by atoms with van der Waals surface area (Å²) in [6.45, 7) is 0.984. The zero-order valence-electron chi connectivity index (χ0n) is 10.5. The zero-order chi connectivity index (χ0) is 13.4. The van der Waals surface area contributed by atoms with Crippen LogP contribution in [0, 0.1) is 0 Å². The van der Waals surface area contributed by atoms with E-state index in [0.29, 0.717) is 30.4 Å². The fraction of sp³-hybridized carbons (Fsp3) is 0.231. The SMILES string of the molecule is Cn1nc(C(=O)N2CCOc3ccccc32)cc1N.